The summed E-state index contributed by atoms with van der Waals surface area (Å²) in [7, 11) is 9.20. The number of methoxy groups -OCH3 is 1. The first-order valence-electron chi connectivity index (χ1n) is 18.8. The lowest BCUT2D eigenvalue weighted by Crippen LogP contribution is -2.62. The third-order valence-electron chi connectivity index (χ3n) is 12.1. The fourth-order valence-corrected chi connectivity index (χ4v) is 9.14. The average Bonchev–Trinajstić information content (AvgIpc) is 3.46. The molecule has 0 unspecified atom stereocenters. The van der Waals surface area contributed by atoms with Crippen LogP contribution in [0.4, 0.5) is 5.69 Å². The van der Waals surface area contributed by atoms with Crippen LogP contribution in [-0.4, -0.2) is 116 Å². The van der Waals surface area contributed by atoms with Gasteiger partial charge in [0, 0.05) is 67.4 Å². The van der Waals surface area contributed by atoms with E-state index in [0.717, 1.165) is 28.8 Å². The van der Waals surface area contributed by atoms with Gasteiger partial charge in [-0.15, -0.1) is 0 Å². The summed E-state index contributed by atoms with van der Waals surface area (Å²) in [4.78, 5) is 38.1. The van der Waals surface area contributed by atoms with Gasteiger partial charge in [0.15, 0.2) is 0 Å². The maximum atomic E-state index is 14.2. The second-order valence-corrected chi connectivity index (χ2v) is 16.6. The van der Waals surface area contributed by atoms with Gasteiger partial charge >= 0.3 is 0 Å². The van der Waals surface area contributed by atoms with Crippen LogP contribution in [0.5, 0.6) is 5.75 Å². The highest BCUT2D eigenvalue weighted by molar-refractivity contribution is 5.97. The summed E-state index contributed by atoms with van der Waals surface area (Å²) < 4.78 is 6.05. The second kappa shape index (κ2) is 16.4. The molecule has 12 nitrogen and oxygen atoms in total. The summed E-state index contributed by atoms with van der Waals surface area (Å²) >= 11 is 0. The molecule has 53 heavy (non-hydrogen) atoms. The lowest BCUT2D eigenvalue weighted by atomic mass is 9.45. The maximum absolute atomic E-state index is 14.2. The van der Waals surface area contributed by atoms with Gasteiger partial charge < -0.3 is 40.5 Å². The molecule has 4 aliphatic rings. The number of hydroxylamine groups is 2. The van der Waals surface area contributed by atoms with E-state index in [9.17, 15) is 24.9 Å². The zero-order valence-electron chi connectivity index (χ0n) is 32.9. The average molecular weight is 736 g/mol. The molecular formula is C41H61N5O7. The van der Waals surface area contributed by atoms with E-state index in [-0.39, 0.29) is 54.6 Å². The van der Waals surface area contributed by atoms with E-state index in [2.05, 4.69) is 38.0 Å². The molecule has 0 aromatic heterocycles. The molecular weight excluding hydrogens is 674 g/mol. The predicted molar refractivity (Wildman–Crippen MR) is 207 cm³/mol. The third-order valence-corrected chi connectivity index (χ3v) is 12.1. The lowest BCUT2D eigenvalue weighted by Gasteiger charge is -2.62. The van der Waals surface area contributed by atoms with Gasteiger partial charge in [0.1, 0.15) is 17.9 Å². The number of carbonyl (C=O) groups is 2. The van der Waals surface area contributed by atoms with E-state index >= 15 is 0 Å². The van der Waals surface area contributed by atoms with Crippen LogP contribution in [-0.2, 0) is 16.2 Å². The van der Waals surface area contributed by atoms with E-state index in [4.69, 9.17) is 9.57 Å². The van der Waals surface area contributed by atoms with E-state index < -0.39 is 24.2 Å². The van der Waals surface area contributed by atoms with Crippen molar-refractivity contribution in [2.24, 2.45) is 29.1 Å². The molecule has 2 aromatic carbocycles. The molecule has 6 rings (SSSR count). The number of amides is 2. The Balaban J connectivity index is 1.45. The molecule has 3 aliphatic carbocycles. The molecule has 1 saturated heterocycles. The SMILES string of the molecule is C=C(O)C[C@H](CN(C)C)NC(=O)c1cc(-c2cccc(CN3O[C@@H](CO)[C@@H]([C@H](C)O)[C@H]3C(=O)N[C@H]3C[C@H]4C[C@@H]([C@@H]3C)C4(C)C)c2OC)cc(N(C)C)c1. The summed E-state index contributed by atoms with van der Waals surface area (Å²) in [6.45, 7) is 12.4. The van der Waals surface area contributed by atoms with E-state index in [1.165, 1.54) is 6.42 Å². The number of hydrogen-bond donors (Lipinski definition) is 5. The van der Waals surface area contributed by atoms with Crippen molar-refractivity contribution in [3.05, 3.63) is 59.9 Å². The summed E-state index contributed by atoms with van der Waals surface area (Å²) in [6, 6.07) is 10.2. The monoisotopic (exact) mass is 735 g/mol. The van der Waals surface area contributed by atoms with Gasteiger partial charge in [-0.05, 0) is 80.8 Å². The quantitative estimate of drug-likeness (QED) is 0.169. The van der Waals surface area contributed by atoms with Gasteiger partial charge in [0.05, 0.1) is 32.1 Å². The van der Waals surface area contributed by atoms with E-state index in [1.54, 1.807) is 19.1 Å². The van der Waals surface area contributed by atoms with Crippen molar-refractivity contribution in [1.29, 1.82) is 0 Å². The molecule has 3 saturated carbocycles. The largest absolute Gasteiger partial charge is 0.513 e. The smallest absolute Gasteiger partial charge is 0.251 e. The van der Waals surface area contributed by atoms with Crippen LogP contribution in [0.25, 0.3) is 11.1 Å². The minimum Gasteiger partial charge on any atom is -0.513 e. The molecule has 2 amide bonds. The number of anilines is 1. The zero-order chi connectivity index (χ0) is 38.9. The number of nitrogens with one attached hydrogen (secondary N) is 2. The van der Waals surface area contributed by atoms with Crippen LogP contribution < -0.4 is 20.3 Å². The number of carbonyl (C=O) groups excluding carboxylic acids is 2. The predicted octanol–water partition coefficient (Wildman–Crippen LogP) is 4.21. The van der Waals surface area contributed by atoms with Crippen molar-refractivity contribution >= 4 is 17.5 Å². The highest BCUT2D eigenvalue weighted by atomic mass is 16.7. The standard InChI is InChI=1S/C41H61N5O7/c1-23(48)14-30(21-44(6)7)42-39(50)28-15-27(16-31(17-28)45(8)9)32-13-11-12-26(38(32)52-10)20-46-37(36(25(3)49)35(22-47)53-46)40(51)43-34-19-29-18-33(24(34)2)41(29,4)5/h11-13,15-17,24-25,29-30,33-37,47-49H,1,14,18-22H2,2-10H3,(H,42,50)(H,43,51)/t24-,25-,29+,30+,33-,34-,35-,36+,37-/m0/s1. The molecule has 9 atom stereocenters. The van der Waals surface area contributed by atoms with Crippen molar-refractivity contribution in [2.75, 3.05) is 53.4 Å². The fourth-order valence-electron chi connectivity index (χ4n) is 9.14. The summed E-state index contributed by atoms with van der Waals surface area (Å²) in [5.74, 6) is 0.812. The summed E-state index contributed by atoms with van der Waals surface area (Å²) in [5.41, 5.74) is 3.73. The number of ether oxygens (including phenoxy) is 1. The van der Waals surface area contributed by atoms with Gasteiger partial charge in [0.25, 0.3) is 5.91 Å². The van der Waals surface area contributed by atoms with Crippen molar-refractivity contribution in [3.8, 4) is 16.9 Å². The van der Waals surface area contributed by atoms with Crippen molar-refractivity contribution in [1.82, 2.24) is 20.6 Å². The third kappa shape index (κ3) is 8.52. The number of hydrogen-bond acceptors (Lipinski definition) is 10. The number of aliphatic hydroxyl groups is 3. The molecule has 0 radical (unpaired) electrons. The van der Waals surface area contributed by atoms with Gasteiger partial charge in [0.2, 0.25) is 5.91 Å². The van der Waals surface area contributed by atoms with Gasteiger partial charge in [-0.2, -0.15) is 5.06 Å². The van der Waals surface area contributed by atoms with Crippen LogP contribution in [0.2, 0.25) is 0 Å². The summed E-state index contributed by atoms with van der Waals surface area (Å²) in [6.07, 6.45) is 0.653. The highest BCUT2D eigenvalue weighted by Crippen LogP contribution is 2.61. The highest BCUT2D eigenvalue weighted by Gasteiger charge is 2.57. The van der Waals surface area contributed by atoms with Gasteiger partial charge in [-0.25, -0.2) is 0 Å². The van der Waals surface area contributed by atoms with E-state index in [1.807, 2.05) is 74.4 Å². The topological polar surface area (TPSA) is 147 Å². The summed E-state index contributed by atoms with van der Waals surface area (Å²) in [5, 5.41) is 39.1. The van der Waals surface area contributed by atoms with Crippen molar-refractivity contribution in [2.45, 2.75) is 83.8 Å². The Labute approximate surface area is 315 Å². The zero-order valence-corrected chi connectivity index (χ0v) is 32.9. The van der Waals surface area contributed by atoms with Crippen LogP contribution in [0.3, 0.4) is 0 Å². The van der Waals surface area contributed by atoms with Gasteiger partial charge in [-0.3, -0.25) is 14.4 Å². The minimum atomic E-state index is -0.914. The van der Waals surface area contributed by atoms with E-state index in [0.29, 0.717) is 35.6 Å². The molecule has 1 heterocycles. The Kier molecular flexibility index (Phi) is 12.5. The Morgan fingerprint density at radius 1 is 1.15 bits per heavy atom. The lowest BCUT2D eigenvalue weighted by molar-refractivity contribution is -0.183. The number of fused-ring (bicyclic) bond motifs is 2. The normalized spacial score (nSPS) is 27.4. The molecule has 292 valence electrons. The number of rotatable bonds is 15. The first-order valence-corrected chi connectivity index (χ1v) is 18.8. The molecule has 1 aliphatic heterocycles. The maximum Gasteiger partial charge on any atom is 0.251 e. The van der Waals surface area contributed by atoms with Crippen molar-refractivity contribution in [3.63, 3.8) is 0 Å². The van der Waals surface area contributed by atoms with Gasteiger partial charge in [-0.1, -0.05) is 45.5 Å². The van der Waals surface area contributed by atoms with Crippen LogP contribution in [0, 0.1) is 29.1 Å². The Morgan fingerprint density at radius 2 is 1.87 bits per heavy atom. The van der Waals surface area contributed by atoms with Crippen LogP contribution >= 0.6 is 0 Å². The number of likely N-dealkylation sites (N-methyl/N-ethyl adjacent to an activating group) is 1. The first kappa shape index (κ1) is 40.5. The van der Waals surface area contributed by atoms with Crippen molar-refractivity contribution < 1.29 is 34.5 Å². The molecule has 12 heteroatoms. The van der Waals surface area contributed by atoms with Crippen LogP contribution in [0.15, 0.2) is 48.7 Å². The Hall–Kier alpha value is -3.68. The fraction of sp³-hybridized carbons (Fsp3) is 0.610. The number of benzene rings is 2. The second-order valence-electron chi connectivity index (χ2n) is 16.6. The molecule has 5 N–H and O–H groups in total. The minimum absolute atomic E-state index is 0.00255. The Morgan fingerprint density at radius 3 is 2.43 bits per heavy atom. The molecule has 4 fully saturated rings. The van der Waals surface area contributed by atoms with Crippen LogP contribution in [0.1, 0.15) is 62.9 Å². The molecule has 0 spiro atoms. The molecule has 2 bridgehead atoms. The molecule has 2 aromatic rings. The first-order chi connectivity index (χ1) is 25.0. The number of para-hydroxylation sites is 1. The Bertz CT molecular complexity index is 1640. The number of aliphatic hydroxyl groups excluding tert-OH is 3. The number of nitrogens with zero attached hydrogens (tertiary/aromatic N) is 3.